The van der Waals surface area contributed by atoms with Gasteiger partial charge in [-0.25, -0.2) is 0 Å². The average Bonchev–Trinajstić information content (AvgIpc) is 3.71. The van der Waals surface area contributed by atoms with Crippen molar-refractivity contribution in [3.63, 3.8) is 0 Å². The van der Waals surface area contributed by atoms with Crippen LogP contribution in [0.1, 0.15) is 97.7 Å². The number of hydrogen-bond donors (Lipinski definition) is 0. The summed E-state index contributed by atoms with van der Waals surface area (Å²) in [5.74, 6) is 0.505. The third-order valence-electron chi connectivity index (χ3n) is 15.4. The first-order valence-corrected chi connectivity index (χ1v) is 24.4. The smallest absolute Gasteiger partial charge is 0.0543 e. The van der Waals surface area contributed by atoms with E-state index in [4.69, 9.17) is 0 Å². The summed E-state index contributed by atoms with van der Waals surface area (Å²) in [4.78, 5) is 2.84. The van der Waals surface area contributed by atoms with Crippen molar-refractivity contribution in [1.29, 1.82) is 0 Å². The van der Waals surface area contributed by atoms with Gasteiger partial charge in [-0.15, -0.1) is 0 Å². The van der Waals surface area contributed by atoms with Gasteiger partial charge in [0.15, 0.2) is 0 Å². The third-order valence-corrected chi connectivity index (χ3v) is 15.4. The fourth-order valence-corrected chi connectivity index (χ4v) is 12.3. The van der Waals surface area contributed by atoms with Crippen LogP contribution in [-0.4, -0.2) is 16.7 Å². The summed E-state index contributed by atoms with van der Waals surface area (Å²) in [6.07, 6.45) is 32.3. The number of rotatable bonds is 8. The molecule has 1 saturated carbocycles. The molecule has 2 nitrogen and oxygen atoms in total. The van der Waals surface area contributed by atoms with Crippen molar-refractivity contribution < 1.29 is 0 Å². The highest BCUT2D eigenvalue weighted by molar-refractivity contribution is 5.99. The van der Waals surface area contributed by atoms with Crippen molar-refractivity contribution in [1.82, 2.24) is 4.57 Å². The molecule has 0 amide bonds. The predicted octanol–water partition coefficient (Wildman–Crippen LogP) is 15.9. The Labute approximate surface area is 379 Å². The molecule has 64 heavy (non-hydrogen) atoms. The van der Waals surface area contributed by atoms with E-state index in [2.05, 4.69) is 185 Å². The van der Waals surface area contributed by atoms with Crippen LogP contribution >= 0.6 is 0 Å². The van der Waals surface area contributed by atoms with Crippen LogP contribution in [-0.2, 0) is 19.3 Å². The number of fused-ring (bicyclic) bond motifs is 5. The Morgan fingerprint density at radius 3 is 2.30 bits per heavy atom. The molecule has 6 aromatic carbocycles. The Morgan fingerprint density at radius 2 is 1.44 bits per heavy atom. The summed E-state index contributed by atoms with van der Waals surface area (Å²) in [6.45, 7) is 0. The first kappa shape index (κ1) is 39.2. The van der Waals surface area contributed by atoms with Gasteiger partial charge in [-0.2, -0.15) is 0 Å². The number of aryl methyl sites for hydroxylation is 2. The van der Waals surface area contributed by atoms with Gasteiger partial charge in [0.2, 0.25) is 0 Å². The van der Waals surface area contributed by atoms with E-state index in [9.17, 15) is 0 Å². The molecule has 3 atom stereocenters. The van der Waals surface area contributed by atoms with Crippen molar-refractivity contribution in [3.05, 3.63) is 210 Å². The molecule has 0 N–H and O–H groups in total. The molecule has 5 aliphatic carbocycles. The highest BCUT2D eigenvalue weighted by Gasteiger charge is 2.35. The summed E-state index contributed by atoms with van der Waals surface area (Å²) in [5.41, 5.74) is 19.8. The van der Waals surface area contributed by atoms with Gasteiger partial charge < -0.3 is 9.47 Å². The molecule has 3 unspecified atom stereocenters. The lowest BCUT2D eigenvalue weighted by molar-refractivity contribution is 0.351. The van der Waals surface area contributed by atoms with Gasteiger partial charge in [-0.05, 0) is 174 Å². The number of para-hydroxylation sites is 1. The SMILES string of the molecule is C1=CCCC(c2ccc3c4c(n(-c5ccccc5)c3c2)CCC=C4C2CCCC(N(c3ccc(-c4ccc5c(c4)CCCC5)cc3)C3C=CC(c4cccc5ccccc45)=CC3)C2)=C1. The van der Waals surface area contributed by atoms with E-state index >= 15 is 0 Å². The van der Waals surface area contributed by atoms with E-state index in [1.165, 1.54) is 123 Å². The number of hydrogen-bond acceptors (Lipinski definition) is 1. The monoisotopic (exact) mass is 830 g/mol. The fourth-order valence-electron chi connectivity index (χ4n) is 12.3. The van der Waals surface area contributed by atoms with Gasteiger partial charge in [0.05, 0.1) is 11.6 Å². The molecule has 1 aromatic heterocycles. The summed E-state index contributed by atoms with van der Waals surface area (Å²) < 4.78 is 2.61. The molecule has 0 radical (unpaired) electrons. The van der Waals surface area contributed by atoms with Crippen molar-refractivity contribution in [2.24, 2.45) is 5.92 Å². The molecule has 1 heterocycles. The second-order valence-corrected chi connectivity index (χ2v) is 19.1. The minimum absolute atomic E-state index is 0.287. The molecule has 5 aliphatic rings. The van der Waals surface area contributed by atoms with Crippen molar-refractivity contribution in [2.75, 3.05) is 4.90 Å². The van der Waals surface area contributed by atoms with Crippen LogP contribution in [0.4, 0.5) is 5.69 Å². The normalized spacial score (nSPS) is 20.6. The van der Waals surface area contributed by atoms with Crippen molar-refractivity contribution in [3.8, 4) is 16.8 Å². The lowest BCUT2D eigenvalue weighted by atomic mass is 9.75. The zero-order chi connectivity index (χ0) is 42.4. The second kappa shape index (κ2) is 17.0. The second-order valence-electron chi connectivity index (χ2n) is 19.1. The van der Waals surface area contributed by atoms with E-state index < -0.39 is 0 Å². The van der Waals surface area contributed by atoms with Crippen molar-refractivity contribution >= 4 is 44.1 Å². The molecule has 0 saturated heterocycles. The minimum Gasteiger partial charge on any atom is -0.362 e. The van der Waals surface area contributed by atoms with E-state index in [1.807, 2.05) is 0 Å². The van der Waals surface area contributed by atoms with Crippen LogP contribution in [0.15, 0.2) is 176 Å². The van der Waals surface area contributed by atoms with Crippen LogP contribution in [0.5, 0.6) is 0 Å². The quantitative estimate of drug-likeness (QED) is 0.148. The number of nitrogens with zero attached hydrogens (tertiary/aromatic N) is 2. The molecule has 0 spiro atoms. The van der Waals surface area contributed by atoms with Gasteiger partial charge in [0, 0.05) is 34.1 Å². The highest BCUT2D eigenvalue weighted by Crippen LogP contribution is 2.47. The maximum atomic E-state index is 2.84. The van der Waals surface area contributed by atoms with Gasteiger partial charge >= 0.3 is 0 Å². The predicted molar refractivity (Wildman–Crippen MR) is 272 cm³/mol. The van der Waals surface area contributed by atoms with E-state index in [-0.39, 0.29) is 6.04 Å². The third kappa shape index (κ3) is 7.22. The maximum Gasteiger partial charge on any atom is 0.0543 e. The van der Waals surface area contributed by atoms with Crippen LogP contribution in [0.2, 0.25) is 0 Å². The fraction of sp³-hybridized carbons (Fsp3) is 0.258. The van der Waals surface area contributed by atoms with Gasteiger partial charge in [-0.1, -0.05) is 152 Å². The van der Waals surface area contributed by atoms with Crippen LogP contribution < -0.4 is 4.90 Å². The highest BCUT2D eigenvalue weighted by atomic mass is 15.2. The Hall–Kier alpha value is -6.38. The van der Waals surface area contributed by atoms with Gasteiger partial charge in [-0.3, -0.25) is 0 Å². The zero-order valence-electron chi connectivity index (χ0n) is 37.1. The van der Waals surface area contributed by atoms with E-state index in [0.29, 0.717) is 12.0 Å². The lowest BCUT2D eigenvalue weighted by Gasteiger charge is -2.44. The lowest BCUT2D eigenvalue weighted by Crippen LogP contribution is -2.45. The van der Waals surface area contributed by atoms with Gasteiger partial charge in [0.1, 0.15) is 0 Å². The average molecular weight is 831 g/mol. The molecule has 316 valence electrons. The van der Waals surface area contributed by atoms with Gasteiger partial charge in [0.25, 0.3) is 0 Å². The standard InChI is InChI=1S/C62H58N2/c1-3-14-43(15-4-1)50-34-39-59-61(42-50)64(52-21-5-2-6-22-52)60-27-13-26-58(62(59)60)51-20-11-23-55(41-51)63(53-35-30-45(31-36-53)49-29-28-44-16-7-8-18-48(44)40-49)54-37-32-47(33-38-54)57-25-12-19-46-17-9-10-24-56(46)57/h1-3,5-6,9-10,12,14,17,19,21-22,24-26,28-37,39-40,42,51,54-55H,4,7-8,11,13,15-16,18,20,23,27,38,41H2. The maximum absolute atomic E-state index is 2.84. The zero-order valence-corrected chi connectivity index (χ0v) is 37.1. The first-order chi connectivity index (χ1) is 31.7. The number of benzene rings is 6. The Bertz CT molecular complexity index is 3030. The van der Waals surface area contributed by atoms with E-state index in [1.54, 1.807) is 16.7 Å². The van der Waals surface area contributed by atoms with Crippen LogP contribution in [0.25, 0.3) is 55.2 Å². The Balaban J connectivity index is 0.901. The van der Waals surface area contributed by atoms with Crippen molar-refractivity contribution in [2.45, 2.75) is 95.6 Å². The number of anilines is 1. The molecular formula is C62H58N2. The Kier molecular flexibility index (Phi) is 10.4. The summed E-state index contributed by atoms with van der Waals surface area (Å²) in [6, 6.07) is 51.7. The van der Waals surface area contributed by atoms with Crippen LogP contribution in [0.3, 0.4) is 0 Å². The topological polar surface area (TPSA) is 8.17 Å². The molecule has 12 rings (SSSR count). The molecule has 0 aliphatic heterocycles. The molecule has 7 aromatic rings. The first-order valence-electron chi connectivity index (χ1n) is 24.4. The van der Waals surface area contributed by atoms with E-state index in [0.717, 1.165) is 38.5 Å². The molecule has 1 fully saturated rings. The summed E-state index contributed by atoms with van der Waals surface area (Å²) in [5, 5.41) is 4.05. The van der Waals surface area contributed by atoms with Crippen LogP contribution in [0, 0.1) is 5.92 Å². The number of allylic oxidation sites excluding steroid dienone is 8. The summed E-state index contributed by atoms with van der Waals surface area (Å²) in [7, 11) is 0. The molecule has 0 bridgehead atoms. The molecule has 2 heteroatoms. The Morgan fingerprint density at radius 1 is 0.609 bits per heavy atom. The number of aromatic nitrogens is 1. The minimum atomic E-state index is 0.287. The largest absolute Gasteiger partial charge is 0.362 e. The summed E-state index contributed by atoms with van der Waals surface area (Å²) >= 11 is 0. The molecular weight excluding hydrogens is 773 g/mol.